The highest BCUT2D eigenvalue weighted by atomic mass is 32.1. The Balaban J connectivity index is 2.21. The average molecular weight is 226 g/mol. The topological polar surface area (TPSA) is 15.3 Å². The molecule has 0 aliphatic carbocycles. The van der Waals surface area contributed by atoms with Gasteiger partial charge in [0.1, 0.15) is 0 Å². The molecule has 0 spiro atoms. The Morgan fingerprint density at radius 1 is 1.40 bits per heavy atom. The average Bonchev–Trinajstić information content (AvgIpc) is 2.70. The Hall–Kier alpha value is -0.380. The summed E-state index contributed by atoms with van der Waals surface area (Å²) in [6.45, 7) is 8.83. The minimum Gasteiger partial charge on any atom is -0.308 e. The SMILES string of the molecule is CC(NCCN(C)C(C)C)c1cccs1. The van der Waals surface area contributed by atoms with Crippen LogP contribution in [0.3, 0.4) is 0 Å². The van der Waals surface area contributed by atoms with Crippen molar-refractivity contribution in [3.05, 3.63) is 22.4 Å². The van der Waals surface area contributed by atoms with Crippen molar-refractivity contribution in [2.45, 2.75) is 32.9 Å². The summed E-state index contributed by atoms with van der Waals surface area (Å²) in [5, 5.41) is 5.67. The van der Waals surface area contributed by atoms with E-state index in [2.05, 4.69) is 55.5 Å². The Bertz CT molecular complexity index is 257. The van der Waals surface area contributed by atoms with E-state index in [-0.39, 0.29) is 0 Å². The first kappa shape index (κ1) is 12.7. The van der Waals surface area contributed by atoms with Gasteiger partial charge in [0.25, 0.3) is 0 Å². The highest BCUT2D eigenvalue weighted by Gasteiger charge is 2.06. The van der Waals surface area contributed by atoms with E-state index in [1.54, 1.807) is 0 Å². The van der Waals surface area contributed by atoms with Crippen LogP contribution in [0.2, 0.25) is 0 Å². The first-order valence-corrected chi connectivity index (χ1v) is 6.46. The van der Waals surface area contributed by atoms with E-state index in [9.17, 15) is 0 Å². The lowest BCUT2D eigenvalue weighted by Gasteiger charge is -2.22. The summed E-state index contributed by atoms with van der Waals surface area (Å²) >= 11 is 1.82. The Labute approximate surface area is 97.3 Å². The van der Waals surface area contributed by atoms with E-state index in [0.717, 1.165) is 13.1 Å². The highest BCUT2D eigenvalue weighted by Crippen LogP contribution is 2.17. The van der Waals surface area contributed by atoms with E-state index >= 15 is 0 Å². The molecular weight excluding hydrogens is 204 g/mol. The lowest BCUT2D eigenvalue weighted by atomic mass is 10.2. The fourth-order valence-electron chi connectivity index (χ4n) is 1.35. The molecule has 1 N–H and O–H groups in total. The molecule has 0 aliphatic rings. The summed E-state index contributed by atoms with van der Waals surface area (Å²) in [6.07, 6.45) is 0. The van der Waals surface area contributed by atoms with Crippen LogP contribution in [-0.4, -0.2) is 31.1 Å². The molecule has 0 saturated heterocycles. The zero-order chi connectivity index (χ0) is 11.3. The maximum absolute atomic E-state index is 3.54. The summed E-state index contributed by atoms with van der Waals surface area (Å²) in [6, 6.07) is 5.40. The van der Waals surface area contributed by atoms with Crippen LogP contribution in [0.4, 0.5) is 0 Å². The molecule has 0 aromatic carbocycles. The maximum Gasteiger partial charge on any atom is 0.0386 e. The third-order valence-electron chi connectivity index (χ3n) is 2.77. The van der Waals surface area contributed by atoms with Crippen molar-refractivity contribution in [3.8, 4) is 0 Å². The summed E-state index contributed by atoms with van der Waals surface area (Å²) in [5.74, 6) is 0. The van der Waals surface area contributed by atoms with Crippen LogP contribution >= 0.6 is 11.3 Å². The van der Waals surface area contributed by atoms with E-state index in [0.29, 0.717) is 12.1 Å². The second-order valence-corrected chi connectivity index (χ2v) is 5.24. The number of thiophene rings is 1. The molecule has 3 heteroatoms. The van der Waals surface area contributed by atoms with E-state index < -0.39 is 0 Å². The van der Waals surface area contributed by atoms with Crippen molar-refractivity contribution in [2.24, 2.45) is 0 Å². The van der Waals surface area contributed by atoms with Crippen LogP contribution < -0.4 is 5.32 Å². The normalized spacial score (nSPS) is 13.7. The van der Waals surface area contributed by atoms with E-state index in [1.165, 1.54) is 4.88 Å². The van der Waals surface area contributed by atoms with Gasteiger partial charge in [0.2, 0.25) is 0 Å². The molecule has 0 amide bonds. The molecule has 0 radical (unpaired) electrons. The zero-order valence-electron chi connectivity index (χ0n) is 10.2. The van der Waals surface area contributed by atoms with Crippen molar-refractivity contribution >= 4 is 11.3 Å². The summed E-state index contributed by atoms with van der Waals surface area (Å²) < 4.78 is 0. The molecular formula is C12H22N2S. The zero-order valence-corrected chi connectivity index (χ0v) is 11.0. The van der Waals surface area contributed by atoms with Gasteiger partial charge < -0.3 is 10.2 Å². The number of hydrogen-bond acceptors (Lipinski definition) is 3. The van der Waals surface area contributed by atoms with Gasteiger partial charge in [-0.3, -0.25) is 0 Å². The van der Waals surface area contributed by atoms with Crippen LogP contribution in [0.1, 0.15) is 31.7 Å². The Kier molecular flexibility index (Phi) is 5.29. The molecule has 15 heavy (non-hydrogen) atoms. The first-order chi connectivity index (χ1) is 7.11. The molecule has 1 atom stereocenters. The second kappa shape index (κ2) is 6.26. The monoisotopic (exact) mass is 226 g/mol. The fourth-order valence-corrected chi connectivity index (χ4v) is 2.11. The minimum absolute atomic E-state index is 0.477. The lowest BCUT2D eigenvalue weighted by molar-refractivity contribution is 0.270. The Morgan fingerprint density at radius 3 is 2.67 bits per heavy atom. The van der Waals surface area contributed by atoms with Gasteiger partial charge in [0.05, 0.1) is 0 Å². The van der Waals surface area contributed by atoms with Crippen LogP contribution in [0.5, 0.6) is 0 Å². The molecule has 1 heterocycles. The minimum atomic E-state index is 0.477. The van der Waals surface area contributed by atoms with Crippen molar-refractivity contribution in [3.63, 3.8) is 0 Å². The molecule has 0 bridgehead atoms. The van der Waals surface area contributed by atoms with Gasteiger partial charge in [0.15, 0.2) is 0 Å². The third-order valence-corrected chi connectivity index (χ3v) is 3.82. The summed E-state index contributed by atoms with van der Waals surface area (Å²) in [7, 11) is 2.17. The standard InChI is InChI=1S/C12H22N2S/c1-10(2)14(4)8-7-13-11(3)12-6-5-9-15-12/h5-6,9-11,13H,7-8H2,1-4H3. The molecule has 1 rings (SSSR count). The van der Waals surface area contributed by atoms with Crippen LogP contribution in [0.15, 0.2) is 17.5 Å². The first-order valence-electron chi connectivity index (χ1n) is 5.58. The number of nitrogens with one attached hydrogen (secondary N) is 1. The van der Waals surface area contributed by atoms with Gasteiger partial charge in [-0.25, -0.2) is 0 Å². The third kappa shape index (κ3) is 4.33. The molecule has 1 unspecified atom stereocenters. The number of rotatable bonds is 6. The van der Waals surface area contributed by atoms with Crippen LogP contribution in [0.25, 0.3) is 0 Å². The van der Waals surface area contributed by atoms with Gasteiger partial charge in [-0.2, -0.15) is 0 Å². The molecule has 0 saturated carbocycles. The summed E-state index contributed by atoms with van der Waals surface area (Å²) in [4.78, 5) is 3.77. The predicted octanol–water partition coefficient (Wildman–Crippen LogP) is 2.74. The molecule has 1 aromatic heterocycles. The van der Waals surface area contributed by atoms with Gasteiger partial charge in [0, 0.05) is 30.1 Å². The van der Waals surface area contributed by atoms with Crippen molar-refractivity contribution in [1.29, 1.82) is 0 Å². The quantitative estimate of drug-likeness (QED) is 0.802. The fraction of sp³-hybridized carbons (Fsp3) is 0.667. The lowest BCUT2D eigenvalue weighted by Crippen LogP contribution is -2.34. The summed E-state index contributed by atoms with van der Waals surface area (Å²) in [5.41, 5.74) is 0. The smallest absolute Gasteiger partial charge is 0.0386 e. The van der Waals surface area contributed by atoms with Crippen LogP contribution in [0, 0.1) is 0 Å². The number of likely N-dealkylation sites (N-methyl/N-ethyl adjacent to an activating group) is 1. The largest absolute Gasteiger partial charge is 0.308 e. The Morgan fingerprint density at radius 2 is 2.13 bits per heavy atom. The molecule has 0 fully saturated rings. The van der Waals surface area contributed by atoms with Gasteiger partial charge in [-0.15, -0.1) is 11.3 Å². The van der Waals surface area contributed by atoms with Gasteiger partial charge in [-0.05, 0) is 39.3 Å². The molecule has 1 aromatic rings. The van der Waals surface area contributed by atoms with Crippen molar-refractivity contribution < 1.29 is 0 Å². The van der Waals surface area contributed by atoms with Crippen LogP contribution in [-0.2, 0) is 0 Å². The van der Waals surface area contributed by atoms with Gasteiger partial charge >= 0.3 is 0 Å². The maximum atomic E-state index is 3.54. The predicted molar refractivity (Wildman–Crippen MR) is 68.5 cm³/mol. The second-order valence-electron chi connectivity index (χ2n) is 4.27. The van der Waals surface area contributed by atoms with E-state index in [1.807, 2.05) is 11.3 Å². The molecule has 0 aliphatic heterocycles. The molecule has 86 valence electrons. The number of hydrogen-bond donors (Lipinski definition) is 1. The molecule has 2 nitrogen and oxygen atoms in total. The van der Waals surface area contributed by atoms with Crippen molar-refractivity contribution in [2.75, 3.05) is 20.1 Å². The van der Waals surface area contributed by atoms with Crippen molar-refractivity contribution in [1.82, 2.24) is 10.2 Å². The van der Waals surface area contributed by atoms with E-state index in [4.69, 9.17) is 0 Å². The highest BCUT2D eigenvalue weighted by molar-refractivity contribution is 7.10. The number of nitrogens with zero attached hydrogens (tertiary/aromatic N) is 1. The van der Waals surface area contributed by atoms with Gasteiger partial charge in [-0.1, -0.05) is 6.07 Å².